The van der Waals surface area contributed by atoms with E-state index in [1.54, 1.807) is 13.2 Å². The van der Waals surface area contributed by atoms with Gasteiger partial charge in [-0.1, -0.05) is 34.1 Å². The zero-order chi connectivity index (χ0) is 29.5. The van der Waals surface area contributed by atoms with Crippen molar-refractivity contribution in [1.29, 1.82) is 0 Å². The van der Waals surface area contributed by atoms with Crippen molar-refractivity contribution in [1.82, 2.24) is 4.90 Å². The average Bonchev–Trinajstić information content (AvgIpc) is 3.24. The lowest BCUT2D eigenvalue weighted by Crippen LogP contribution is -2.61. The van der Waals surface area contributed by atoms with Gasteiger partial charge in [0.15, 0.2) is 8.32 Å². The molecule has 4 atom stereocenters. The molecule has 0 spiro atoms. The Labute approximate surface area is 240 Å². The van der Waals surface area contributed by atoms with Gasteiger partial charge in [-0.3, -0.25) is 20.0 Å². The molecule has 0 radical (unpaired) electrons. The highest BCUT2D eigenvalue weighted by Gasteiger charge is 2.56. The monoisotopic (exact) mass is 573 g/mol. The number of benzene rings is 1. The van der Waals surface area contributed by atoms with Crippen molar-refractivity contribution in [2.45, 2.75) is 83.7 Å². The van der Waals surface area contributed by atoms with Crippen LogP contribution in [-0.2, 0) is 19.5 Å². The van der Waals surface area contributed by atoms with Crippen molar-refractivity contribution >= 4 is 25.4 Å². The van der Waals surface area contributed by atoms with Crippen LogP contribution in [0.5, 0.6) is 5.75 Å². The first-order valence-corrected chi connectivity index (χ1v) is 17.4. The fourth-order valence-corrected chi connectivity index (χ4v) is 7.53. The summed E-state index contributed by atoms with van der Waals surface area (Å²) in [6.07, 6.45) is 4.50. The number of ether oxygens (including phenoxy) is 3. The van der Waals surface area contributed by atoms with Gasteiger partial charge in [-0.15, -0.1) is 0 Å². The fraction of sp³-hybridized carbons (Fsp3) is 0.700. The first kappa shape index (κ1) is 30.7. The first-order chi connectivity index (χ1) is 18.8. The highest BCUT2D eigenvalue weighted by Crippen LogP contribution is 2.55. The van der Waals surface area contributed by atoms with Crippen molar-refractivity contribution in [3.05, 3.63) is 39.6 Å². The average molecular weight is 574 g/mol. The summed E-state index contributed by atoms with van der Waals surface area (Å²) in [5.41, 5.74) is 2.59. The summed E-state index contributed by atoms with van der Waals surface area (Å²) < 4.78 is 24.4. The number of fused-ring (bicyclic) bond motifs is 5. The zero-order valence-corrected chi connectivity index (χ0v) is 26.7. The fourth-order valence-electron chi connectivity index (χ4n) is 6.50. The Morgan fingerprint density at radius 3 is 2.60 bits per heavy atom. The maximum Gasteiger partial charge on any atom is 0.311 e. The van der Waals surface area contributed by atoms with E-state index >= 15 is 0 Å². The van der Waals surface area contributed by atoms with Crippen LogP contribution in [0.15, 0.2) is 29.0 Å². The Kier molecular flexibility index (Phi) is 8.85. The SMILES string of the molecule is CC[C@@H]1CN2CC[C@@]3(OCCO[Si](C)(C)C(C)(C)C)C(=Nc4ccc([N+](=O)[O-])c(OC)c43)[C@@H]2C[C@@H]1/C(C)=C\OC. The largest absolute Gasteiger partial charge is 0.504 e. The van der Waals surface area contributed by atoms with Gasteiger partial charge in [-0.05, 0) is 61.4 Å². The maximum absolute atomic E-state index is 12.0. The van der Waals surface area contributed by atoms with E-state index in [1.807, 2.05) is 6.26 Å². The minimum Gasteiger partial charge on any atom is -0.504 e. The lowest BCUT2D eigenvalue weighted by atomic mass is 9.70. The molecule has 2 saturated heterocycles. The number of rotatable bonds is 10. The van der Waals surface area contributed by atoms with Crippen LogP contribution in [0.4, 0.5) is 11.4 Å². The van der Waals surface area contributed by atoms with Crippen LogP contribution < -0.4 is 4.74 Å². The van der Waals surface area contributed by atoms with Crippen LogP contribution in [-0.4, -0.2) is 70.4 Å². The molecule has 0 bridgehead atoms. The number of nitrogens with zero attached hydrogens (tertiary/aromatic N) is 3. The molecule has 1 aromatic carbocycles. The Bertz CT molecular complexity index is 1180. The summed E-state index contributed by atoms with van der Waals surface area (Å²) in [5.74, 6) is 1.12. The zero-order valence-electron chi connectivity index (χ0n) is 25.7. The molecule has 3 heterocycles. The number of allylic oxidation sites excluding steroid dienone is 1. The Hall–Kier alpha value is -2.27. The van der Waals surface area contributed by atoms with Crippen molar-refractivity contribution in [3.8, 4) is 5.75 Å². The van der Waals surface area contributed by atoms with E-state index in [1.165, 1.54) is 18.7 Å². The van der Waals surface area contributed by atoms with Gasteiger partial charge < -0.3 is 18.6 Å². The molecule has 0 amide bonds. The Morgan fingerprint density at radius 1 is 1.27 bits per heavy atom. The van der Waals surface area contributed by atoms with Gasteiger partial charge in [-0.2, -0.15) is 0 Å². The first-order valence-electron chi connectivity index (χ1n) is 14.5. The van der Waals surface area contributed by atoms with Crippen molar-refractivity contribution in [2.24, 2.45) is 16.8 Å². The summed E-state index contributed by atoms with van der Waals surface area (Å²) in [7, 11) is 1.23. The van der Waals surface area contributed by atoms with Gasteiger partial charge in [0.1, 0.15) is 5.60 Å². The third-order valence-corrected chi connectivity index (χ3v) is 14.2. The number of methoxy groups -OCH3 is 2. The summed E-state index contributed by atoms with van der Waals surface area (Å²) >= 11 is 0. The molecule has 0 saturated carbocycles. The van der Waals surface area contributed by atoms with Gasteiger partial charge in [0.05, 0.1) is 61.6 Å². The van der Waals surface area contributed by atoms with Crippen LogP contribution >= 0.6 is 0 Å². The van der Waals surface area contributed by atoms with E-state index in [0.717, 1.165) is 31.6 Å². The molecule has 2 fully saturated rings. The molecule has 222 valence electrons. The van der Waals surface area contributed by atoms with Crippen LogP contribution in [0.25, 0.3) is 0 Å². The van der Waals surface area contributed by atoms with E-state index in [-0.39, 0.29) is 27.4 Å². The van der Waals surface area contributed by atoms with Crippen LogP contribution in [0.1, 0.15) is 59.4 Å². The summed E-state index contributed by atoms with van der Waals surface area (Å²) in [6, 6.07) is 3.29. The number of hydrogen-bond acceptors (Lipinski definition) is 8. The van der Waals surface area contributed by atoms with Gasteiger partial charge >= 0.3 is 5.69 Å². The molecule has 3 aliphatic rings. The van der Waals surface area contributed by atoms with Crippen LogP contribution in [0.2, 0.25) is 18.1 Å². The highest BCUT2D eigenvalue weighted by molar-refractivity contribution is 6.74. The molecular weight excluding hydrogens is 526 g/mol. The maximum atomic E-state index is 12.0. The van der Waals surface area contributed by atoms with Crippen molar-refractivity contribution in [2.75, 3.05) is 40.5 Å². The minimum atomic E-state index is -1.96. The second-order valence-electron chi connectivity index (χ2n) is 12.9. The Balaban J connectivity index is 1.73. The van der Waals surface area contributed by atoms with E-state index < -0.39 is 13.9 Å². The normalized spacial score (nSPS) is 27.0. The number of aliphatic imine (C=N–C) groups is 1. The lowest BCUT2D eigenvalue weighted by molar-refractivity contribution is -0.385. The van der Waals surface area contributed by atoms with Gasteiger partial charge in [0.25, 0.3) is 0 Å². The van der Waals surface area contributed by atoms with Gasteiger partial charge in [0, 0.05) is 19.2 Å². The summed E-state index contributed by atoms with van der Waals surface area (Å²) in [4.78, 5) is 19.3. The molecule has 40 heavy (non-hydrogen) atoms. The smallest absolute Gasteiger partial charge is 0.311 e. The van der Waals surface area contributed by atoms with Gasteiger partial charge in [-0.25, -0.2) is 0 Å². The quantitative estimate of drug-likeness (QED) is 0.102. The third kappa shape index (κ3) is 5.35. The number of hydrogen-bond donors (Lipinski definition) is 0. The van der Waals surface area contributed by atoms with E-state index in [4.69, 9.17) is 23.6 Å². The molecule has 0 aliphatic carbocycles. The standard InChI is InChI=1S/C30H47N3O6Si/c1-10-21-18-32-14-13-30(38-15-16-39-40(8,9)29(3,4)5)26-23(11-12-24(33(34)35)27(26)37-7)31-28(30)25(32)17-22(21)20(2)19-36-6/h11-12,19,21-22,25H,10,13-18H2,1-9H3/b20-19-/t21-,22-,25+,30+/m1/s1. The summed E-state index contributed by atoms with van der Waals surface area (Å²) in [6.45, 7) is 18.1. The highest BCUT2D eigenvalue weighted by atomic mass is 28.4. The van der Waals surface area contributed by atoms with E-state index in [9.17, 15) is 10.1 Å². The van der Waals surface area contributed by atoms with Crippen molar-refractivity contribution in [3.63, 3.8) is 0 Å². The molecule has 3 aliphatic heterocycles. The molecule has 0 aromatic heterocycles. The number of nitro benzene ring substituents is 1. The summed E-state index contributed by atoms with van der Waals surface area (Å²) in [5, 5.41) is 12.1. The van der Waals surface area contributed by atoms with Crippen molar-refractivity contribution < 1.29 is 23.6 Å². The predicted molar refractivity (Wildman–Crippen MR) is 160 cm³/mol. The van der Waals surface area contributed by atoms with Gasteiger partial charge in [0.2, 0.25) is 5.75 Å². The minimum absolute atomic E-state index is 0.0548. The third-order valence-electron chi connectivity index (χ3n) is 9.71. The molecular formula is C30H47N3O6Si. The lowest BCUT2D eigenvalue weighted by Gasteiger charge is -2.51. The van der Waals surface area contributed by atoms with Crippen LogP contribution in [0, 0.1) is 22.0 Å². The van der Waals surface area contributed by atoms with Crippen LogP contribution in [0.3, 0.4) is 0 Å². The Morgan fingerprint density at radius 2 is 2.00 bits per heavy atom. The number of nitro groups is 1. The molecule has 4 rings (SSSR count). The van der Waals surface area contributed by atoms with E-state index in [0.29, 0.717) is 42.7 Å². The molecule has 0 unspecified atom stereocenters. The molecule has 0 N–H and O–H groups in total. The number of piperidine rings is 2. The van der Waals surface area contributed by atoms with E-state index in [2.05, 4.69) is 52.6 Å². The molecule has 1 aromatic rings. The molecule has 9 nitrogen and oxygen atoms in total. The second kappa shape index (κ2) is 11.5. The topological polar surface area (TPSA) is 95.7 Å². The predicted octanol–water partition coefficient (Wildman–Crippen LogP) is 6.59. The molecule has 10 heteroatoms. The second-order valence-corrected chi connectivity index (χ2v) is 17.7.